The van der Waals surface area contributed by atoms with Gasteiger partial charge in [-0.15, -0.1) is 5.10 Å². The van der Waals surface area contributed by atoms with E-state index in [2.05, 4.69) is 20.6 Å². The molecule has 3 rings (SSSR count). The van der Waals surface area contributed by atoms with Crippen molar-refractivity contribution in [2.75, 3.05) is 5.32 Å². The van der Waals surface area contributed by atoms with Gasteiger partial charge >= 0.3 is 5.69 Å². The Morgan fingerprint density at radius 1 is 1.60 bits per heavy atom. The van der Waals surface area contributed by atoms with Crippen molar-refractivity contribution in [2.45, 2.75) is 18.5 Å². The van der Waals surface area contributed by atoms with Crippen LogP contribution in [0.2, 0.25) is 0 Å². The summed E-state index contributed by atoms with van der Waals surface area (Å²) in [5.41, 5.74) is 5.83. The van der Waals surface area contributed by atoms with E-state index < -0.39 is 0 Å². The number of nitrogens with zero attached hydrogens (tertiary/aromatic N) is 3. The topological polar surface area (TPSA) is 101 Å². The molecule has 2 aromatic heterocycles. The van der Waals surface area contributed by atoms with Crippen molar-refractivity contribution in [1.82, 2.24) is 19.8 Å². The van der Waals surface area contributed by atoms with E-state index in [9.17, 15) is 4.79 Å². The maximum absolute atomic E-state index is 11.2. The van der Waals surface area contributed by atoms with Crippen LogP contribution in [0.5, 0.6) is 0 Å². The van der Waals surface area contributed by atoms with Crippen molar-refractivity contribution >= 4 is 11.5 Å². The van der Waals surface area contributed by atoms with Crippen LogP contribution in [0, 0.1) is 0 Å². The Morgan fingerprint density at radius 2 is 2.40 bits per heavy atom. The first kappa shape index (κ1) is 8.42. The monoisotopic (exact) mass is 206 g/mol. The van der Waals surface area contributed by atoms with Crippen LogP contribution in [0.25, 0.3) is 5.65 Å². The van der Waals surface area contributed by atoms with Gasteiger partial charge in [-0.2, -0.15) is 9.61 Å². The van der Waals surface area contributed by atoms with Crippen molar-refractivity contribution < 1.29 is 0 Å². The molecule has 7 heteroatoms. The second-order valence-corrected chi connectivity index (χ2v) is 3.67. The van der Waals surface area contributed by atoms with Gasteiger partial charge in [-0.05, 0) is 18.6 Å². The molecular weight excluding hydrogens is 196 g/mol. The number of nitrogens with one attached hydrogen (secondary N) is 2. The lowest BCUT2D eigenvalue weighted by Gasteiger charge is -2.02. The first-order chi connectivity index (χ1) is 7.24. The quantitative estimate of drug-likeness (QED) is 0.580. The summed E-state index contributed by atoms with van der Waals surface area (Å²) in [5.74, 6) is 0.643. The maximum atomic E-state index is 11.2. The van der Waals surface area contributed by atoms with Crippen molar-refractivity contribution in [3.63, 3.8) is 0 Å². The van der Waals surface area contributed by atoms with Gasteiger partial charge in [0.1, 0.15) is 5.82 Å². The van der Waals surface area contributed by atoms with E-state index in [1.165, 1.54) is 4.52 Å². The normalized spacial score (nSPS) is 24.3. The molecule has 1 fully saturated rings. The van der Waals surface area contributed by atoms with Crippen molar-refractivity contribution in [1.29, 1.82) is 0 Å². The third kappa shape index (κ3) is 1.37. The molecule has 1 aliphatic carbocycles. The summed E-state index contributed by atoms with van der Waals surface area (Å²) in [4.78, 5) is 11.2. The summed E-state index contributed by atoms with van der Waals surface area (Å²) in [5, 5.41) is 13.3. The van der Waals surface area contributed by atoms with Crippen LogP contribution in [0.15, 0.2) is 16.9 Å². The van der Waals surface area contributed by atoms with Gasteiger partial charge in [0.2, 0.25) is 0 Å². The fourth-order valence-corrected chi connectivity index (χ4v) is 1.45. The van der Waals surface area contributed by atoms with Crippen LogP contribution < -0.4 is 16.7 Å². The van der Waals surface area contributed by atoms with E-state index in [-0.39, 0.29) is 17.8 Å². The van der Waals surface area contributed by atoms with Crippen LogP contribution in [-0.4, -0.2) is 31.9 Å². The summed E-state index contributed by atoms with van der Waals surface area (Å²) >= 11 is 0. The average molecular weight is 206 g/mol. The SMILES string of the molecule is NC1CC1Nc1ccc2n[nH]c(=O)n2n1. The van der Waals surface area contributed by atoms with Crippen LogP contribution in [-0.2, 0) is 0 Å². The number of rotatable bonds is 2. The van der Waals surface area contributed by atoms with Gasteiger partial charge < -0.3 is 11.1 Å². The lowest BCUT2D eigenvalue weighted by Crippen LogP contribution is -2.17. The minimum atomic E-state index is -0.339. The molecule has 1 saturated carbocycles. The highest BCUT2D eigenvalue weighted by molar-refractivity contribution is 5.44. The van der Waals surface area contributed by atoms with Gasteiger partial charge in [0.15, 0.2) is 5.65 Å². The number of H-pyrrole nitrogens is 1. The lowest BCUT2D eigenvalue weighted by molar-refractivity contribution is 0.870. The number of hydrogen-bond acceptors (Lipinski definition) is 5. The molecule has 0 amide bonds. The van der Waals surface area contributed by atoms with Gasteiger partial charge in [-0.25, -0.2) is 9.89 Å². The Bertz CT molecular complexity index is 558. The zero-order valence-corrected chi connectivity index (χ0v) is 7.84. The molecule has 0 spiro atoms. The highest BCUT2D eigenvalue weighted by atomic mass is 16.2. The standard InChI is InChI=1S/C8H10N6O/c9-4-3-5(4)10-6-1-2-7-11-12-8(15)14(7)13-6/h1-2,4-5H,3,9H2,(H,10,13)(H,12,15). The van der Waals surface area contributed by atoms with Gasteiger partial charge in [-0.3, -0.25) is 0 Å². The molecule has 0 aliphatic heterocycles. The third-order valence-corrected chi connectivity index (χ3v) is 2.45. The van der Waals surface area contributed by atoms with E-state index in [4.69, 9.17) is 5.73 Å². The van der Waals surface area contributed by atoms with E-state index in [0.29, 0.717) is 11.5 Å². The first-order valence-corrected chi connectivity index (χ1v) is 4.70. The molecule has 15 heavy (non-hydrogen) atoms. The fraction of sp³-hybridized carbons (Fsp3) is 0.375. The van der Waals surface area contributed by atoms with Crippen molar-refractivity contribution in [3.8, 4) is 0 Å². The van der Waals surface area contributed by atoms with E-state index in [0.717, 1.165) is 6.42 Å². The molecule has 2 heterocycles. The Hall–Kier alpha value is -1.89. The lowest BCUT2D eigenvalue weighted by atomic mass is 10.5. The predicted molar refractivity (Wildman–Crippen MR) is 53.6 cm³/mol. The maximum Gasteiger partial charge on any atom is 0.364 e. The minimum Gasteiger partial charge on any atom is -0.364 e. The highest BCUT2D eigenvalue weighted by Crippen LogP contribution is 2.22. The Morgan fingerprint density at radius 3 is 3.13 bits per heavy atom. The molecule has 2 unspecified atom stereocenters. The van der Waals surface area contributed by atoms with Crippen LogP contribution in [0.4, 0.5) is 5.82 Å². The molecule has 0 radical (unpaired) electrons. The van der Waals surface area contributed by atoms with Crippen LogP contribution in [0.3, 0.4) is 0 Å². The van der Waals surface area contributed by atoms with Gasteiger partial charge in [0, 0.05) is 12.1 Å². The summed E-state index contributed by atoms with van der Waals surface area (Å²) in [6, 6.07) is 3.98. The first-order valence-electron chi connectivity index (χ1n) is 4.70. The molecule has 4 N–H and O–H groups in total. The molecule has 1 aliphatic rings. The molecule has 7 nitrogen and oxygen atoms in total. The van der Waals surface area contributed by atoms with Gasteiger partial charge in [0.05, 0.1) is 0 Å². The average Bonchev–Trinajstić information content (AvgIpc) is 2.78. The molecule has 0 aromatic carbocycles. The summed E-state index contributed by atoms with van der Waals surface area (Å²) in [6.07, 6.45) is 0.944. The van der Waals surface area contributed by atoms with Crippen molar-refractivity contribution in [2.24, 2.45) is 5.73 Å². The summed E-state index contributed by atoms with van der Waals surface area (Å²) in [7, 11) is 0. The van der Waals surface area contributed by atoms with Crippen LogP contribution in [0.1, 0.15) is 6.42 Å². The number of anilines is 1. The second kappa shape index (κ2) is 2.80. The number of hydrogen-bond donors (Lipinski definition) is 3. The Balaban J connectivity index is 1.98. The summed E-state index contributed by atoms with van der Waals surface area (Å²) < 4.78 is 1.22. The van der Waals surface area contributed by atoms with Gasteiger partial charge in [0.25, 0.3) is 0 Å². The van der Waals surface area contributed by atoms with Gasteiger partial charge in [-0.1, -0.05) is 0 Å². The van der Waals surface area contributed by atoms with E-state index >= 15 is 0 Å². The largest absolute Gasteiger partial charge is 0.364 e. The van der Waals surface area contributed by atoms with E-state index in [1.54, 1.807) is 12.1 Å². The smallest absolute Gasteiger partial charge is 0.364 e. The van der Waals surface area contributed by atoms with E-state index in [1.807, 2.05) is 0 Å². The zero-order valence-electron chi connectivity index (χ0n) is 7.84. The molecule has 2 atom stereocenters. The molecule has 78 valence electrons. The Labute approximate surface area is 84.3 Å². The predicted octanol–water partition coefficient (Wildman–Crippen LogP) is -1.07. The number of fused-ring (bicyclic) bond motifs is 1. The Kier molecular flexibility index (Phi) is 1.57. The fourth-order valence-electron chi connectivity index (χ4n) is 1.45. The molecule has 0 bridgehead atoms. The molecule has 2 aromatic rings. The summed E-state index contributed by atoms with van der Waals surface area (Å²) in [6.45, 7) is 0. The number of nitrogens with two attached hydrogens (primary N) is 1. The minimum absolute atomic E-state index is 0.198. The molecular formula is C8H10N6O. The van der Waals surface area contributed by atoms with Crippen molar-refractivity contribution in [3.05, 3.63) is 22.6 Å². The number of aromatic amines is 1. The molecule has 0 saturated heterocycles. The third-order valence-electron chi connectivity index (χ3n) is 2.45. The highest BCUT2D eigenvalue weighted by Gasteiger charge is 2.33. The number of aromatic nitrogens is 4. The zero-order chi connectivity index (χ0) is 10.4. The van der Waals surface area contributed by atoms with Crippen LogP contribution >= 0.6 is 0 Å². The second-order valence-electron chi connectivity index (χ2n) is 3.67.